The zero-order valence-electron chi connectivity index (χ0n) is 12.8. The summed E-state index contributed by atoms with van der Waals surface area (Å²) in [4.78, 5) is 11.6. The number of nitrogens with two attached hydrogens (primary N) is 1. The molecule has 0 aliphatic heterocycles. The molecule has 21 heavy (non-hydrogen) atoms. The molecule has 0 fully saturated rings. The van der Waals surface area contributed by atoms with E-state index in [1.165, 1.54) is 0 Å². The van der Waals surface area contributed by atoms with E-state index in [2.05, 4.69) is 5.32 Å². The van der Waals surface area contributed by atoms with Crippen LogP contribution in [0, 0.1) is 5.92 Å². The molecule has 0 saturated carbocycles. The number of ether oxygens (including phenoxy) is 2. The molecule has 0 aliphatic rings. The fourth-order valence-corrected chi connectivity index (χ4v) is 1.55. The van der Waals surface area contributed by atoms with E-state index < -0.39 is 0 Å². The van der Waals surface area contributed by atoms with Gasteiger partial charge in [0.25, 0.3) is 0 Å². The quantitative estimate of drug-likeness (QED) is 0.719. The number of methoxy groups -OCH3 is 1. The maximum atomic E-state index is 11.6. The normalized spacial score (nSPS) is 12.8. The number of hydrogen-bond donors (Lipinski definition) is 2. The van der Waals surface area contributed by atoms with Crippen LogP contribution in [-0.4, -0.2) is 32.2 Å². The van der Waals surface area contributed by atoms with Crippen LogP contribution in [0.5, 0.6) is 11.5 Å². The monoisotopic (exact) mass is 316 g/mol. The van der Waals surface area contributed by atoms with Crippen molar-refractivity contribution in [3.05, 3.63) is 24.3 Å². The standard InChI is InChI=1S/C15H24N2O3.ClH/c1-11(12(2)16)15(18)17-9-4-10-20-14-7-5-13(19-3)6-8-14;/h5-8,11-12H,4,9-10,16H2,1-3H3,(H,17,18);1H. The summed E-state index contributed by atoms with van der Waals surface area (Å²) in [6.07, 6.45) is 0.753. The predicted octanol–water partition coefficient (Wildman–Crippen LogP) is 1.99. The van der Waals surface area contributed by atoms with E-state index in [4.69, 9.17) is 15.2 Å². The van der Waals surface area contributed by atoms with Crippen LogP contribution >= 0.6 is 12.4 Å². The summed E-state index contributed by atoms with van der Waals surface area (Å²) in [5.74, 6) is 1.41. The van der Waals surface area contributed by atoms with Crippen molar-refractivity contribution >= 4 is 18.3 Å². The molecule has 0 heterocycles. The Balaban J connectivity index is 0.00000400. The van der Waals surface area contributed by atoms with Gasteiger partial charge in [0.1, 0.15) is 11.5 Å². The van der Waals surface area contributed by atoms with Gasteiger partial charge in [-0.1, -0.05) is 6.92 Å². The first-order valence-electron chi connectivity index (χ1n) is 6.84. The molecular formula is C15H25ClN2O3. The number of benzene rings is 1. The van der Waals surface area contributed by atoms with E-state index in [1.54, 1.807) is 7.11 Å². The molecule has 0 saturated heterocycles. The third-order valence-corrected chi connectivity index (χ3v) is 3.15. The molecule has 5 nitrogen and oxygen atoms in total. The summed E-state index contributed by atoms with van der Waals surface area (Å²) in [5, 5.41) is 2.85. The first kappa shape index (κ1) is 19.5. The molecule has 0 aromatic heterocycles. The minimum atomic E-state index is -0.169. The van der Waals surface area contributed by atoms with Crippen molar-refractivity contribution in [2.75, 3.05) is 20.3 Å². The molecule has 1 aromatic carbocycles. The summed E-state index contributed by atoms with van der Waals surface area (Å²) in [7, 11) is 1.63. The van der Waals surface area contributed by atoms with Gasteiger partial charge in [0.15, 0.2) is 0 Å². The van der Waals surface area contributed by atoms with Crippen molar-refractivity contribution in [2.24, 2.45) is 11.7 Å². The highest BCUT2D eigenvalue weighted by molar-refractivity contribution is 5.85. The highest BCUT2D eigenvalue weighted by Crippen LogP contribution is 2.16. The Morgan fingerprint density at radius 3 is 2.33 bits per heavy atom. The van der Waals surface area contributed by atoms with Gasteiger partial charge in [-0.25, -0.2) is 0 Å². The summed E-state index contributed by atoms with van der Waals surface area (Å²) < 4.78 is 10.6. The van der Waals surface area contributed by atoms with E-state index in [1.807, 2.05) is 38.1 Å². The van der Waals surface area contributed by atoms with Crippen molar-refractivity contribution < 1.29 is 14.3 Å². The van der Waals surface area contributed by atoms with Gasteiger partial charge in [-0.15, -0.1) is 12.4 Å². The van der Waals surface area contributed by atoms with Crippen LogP contribution in [-0.2, 0) is 4.79 Å². The third-order valence-electron chi connectivity index (χ3n) is 3.15. The number of hydrogen-bond acceptors (Lipinski definition) is 4. The van der Waals surface area contributed by atoms with Crippen molar-refractivity contribution in [3.63, 3.8) is 0 Å². The molecule has 6 heteroatoms. The topological polar surface area (TPSA) is 73.6 Å². The molecule has 0 aliphatic carbocycles. The number of carbonyl (C=O) groups excluding carboxylic acids is 1. The van der Waals surface area contributed by atoms with Crippen molar-refractivity contribution in [1.82, 2.24) is 5.32 Å². The van der Waals surface area contributed by atoms with E-state index in [0.717, 1.165) is 17.9 Å². The molecule has 120 valence electrons. The van der Waals surface area contributed by atoms with E-state index >= 15 is 0 Å². The SMILES string of the molecule is COc1ccc(OCCCNC(=O)C(C)C(C)N)cc1.Cl. The Bertz CT molecular complexity index is 410. The van der Waals surface area contributed by atoms with Gasteiger partial charge in [0, 0.05) is 18.5 Å². The lowest BCUT2D eigenvalue weighted by Gasteiger charge is -2.15. The molecule has 0 spiro atoms. The van der Waals surface area contributed by atoms with Gasteiger partial charge in [0.05, 0.1) is 13.7 Å². The zero-order valence-corrected chi connectivity index (χ0v) is 13.6. The lowest BCUT2D eigenvalue weighted by atomic mass is 10.0. The van der Waals surface area contributed by atoms with Crippen LogP contribution < -0.4 is 20.5 Å². The lowest BCUT2D eigenvalue weighted by molar-refractivity contribution is -0.124. The second-order valence-electron chi connectivity index (χ2n) is 4.82. The van der Waals surface area contributed by atoms with Gasteiger partial charge in [-0.3, -0.25) is 4.79 Å². The van der Waals surface area contributed by atoms with Gasteiger partial charge < -0.3 is 20.5 Å². The predicted molar refractivity (Wildman–Crippen MR) is 86.2 cm³/mol. The van der Waals surface area contributed by atoms with Gasteiger partial charge in [0.2, 0.25) is 5.91 Å². The Labute approximate surface area is 132 Å². The van der Waals surface area contributed by atoms with Gasteiger partial charge in [-0.05, 0) is 37.6 Å². The maximum absolute atomic E-state index is 11.6. The van der Waals surface area contributed by atoms with E-state index in [9.17, 15) is 4.79 Å². The molecule has 1 rings (SSSR count). The second-order valence-corrected chi connectivity index (χ2v) is 4.82. The average molecular weight is 317 g/mol. The van der Waals surface area contributed by atoms with Crippen LogP contribution in [0.15, 0.2) is 24.3 Å². The van der Waals surface area contributed by atoms with Crippen LogP contribution in [0.25, 0.3) is 0 Å². The molecule has 0 radical (unpaired) electrons. The van der Waals surface area contributed by atoms with Crippen molar-refractivity contribution in [3.8, 4) is 11.5 Å². The summed E-state index contributed by atoms with van der Waals surface area (Å²) in [6, 6.07) is 7.28. The third kappa shape index (κ3) is 7.20. The number of halogens is 1. The maximum Gasteiger partial charge on any atom is 0.224 e. The van der Waals surface area contributed by atoms with E-state index in [0.29, 0.717) is 13.2 Å². The van der Waals surface area contributed by atoms with Crippen LogP contribution in [0.3, 0.4) is 0 Å². The lowest BCUT2D eigenvalue weighted by Crippen LogP contribution is -2.39. The fourth-order valence-electron chi connectivity index (χ4n) is 1.55. The van der Waals surface area contributed by atoms with Crippen molar-refractivity contribution in [1.29, 1.82) is 0 Å². The molecule has 2 atom stereocenters. The van der Waals surface area contributed by atoms with Gasteiger partial charge in [-0.2, -0.15) is 0 Å². The van der Waals surface area contributed by atoms with Crippen LogP contribution in [0.2, 0.25) is 0 Å². The summed E-state index contributed by atoms with van der Waals surface area (Å²) in [5.41, 5.74) is 5.67. The zero-order chi connectivity index (χ0) is 15.0. The molecular weight excluding hydrogens is 292 g/mol. The largest absolute Gasteiger partial charge is 0.497 e. The number of nitrogens with one attached hydrogen (secondary N) is 1. The Morgan fingerprint density at radius 2 is 1.81 bits per heavy atom. The van der Waals surface area contributed by atoms with Crippen LogP contribution in [0.4, 0.5) is 0 Å². The number of amides is 1. The van der Waals surface area contributed by atoms with E-state index in [-0.39, 0.29) is 30.3 Å². The Morgan fingerprint density at radius 1 is 1.24 bits per heavy atom. The highest BCUT2D eigenvalue weighted by Gasteiger charge is 2.15. The minimum Gasteiger partial charge on any atom is -0.497 e. The summed E-state index contributed by atoms with van der Waals surface area (Å²) in [6.45, 7) is 4.80. The van der Waals surface area contributed by atoms with Crippen LogP contribution in [0.1, 0.15) is 20.3 Å². The Hall–Kier alpha value is -1.46. The molecule has 3 N–H and O–H groups in total. The summed E-state index contributed by atoms with van der Waals surface area (Å²) >= 11 is 0. The highest BCUT2D eigenvalue weighted by atomic mass is 35.5. The second kappa shape index (κ2) is 10.3. The van der Waals surface area contributed by atoms with Crippen molar-refractivity contribution in [2.45, 2.75) is 26.3 Å². The van der Waals surface area contributed by atoms with Gasteiger partial charge >= 0.3 is 0 Å². The molecule has 1 aromatic rings. The smallest absolute Gasteiger partial charge is 0.224 e. The number of rotatable bonds is 8. The Kier molecular flexibility index (Phi) is 9.58. The molecule has 0 bridgehead atoms. The first-order valence-corrected chi connectivity index (χ1v) is 6.84. The molecule has 1 amide bonds. The number of carbonyl (C=O) groups is 1. The first-order chi connectivity index (χ1) is 9.54. The fraction of sp³-hybridized carbons (Fsp3) is 0.533. The average Bonchev–Trinajstić information content (AvgIpc) is 2.46. The molecule has 2 unspecified atom stereocenters. The minimum absolute atomic E-state index is 0.